The lowest BCUT2D eigenvalue weighted by atomic mass is 10.1. The Morgan fingerprint density at radius 3 is 2.83 bits per heavy atom. The van der Waals surface area contributed by atoms with E-state index in [1.54, 1.807) is 18.9 Å². The molecule has 18 heavy (non-hydrogen) atoms. The molecule has 0 radical (unpaired) electrons. The fraction of sp³-hybridized carbons (Fsp3) is 0.429. The lowest BCUT2D eigenvalue weighted by Crippen LogP contribution is -1.93. The van der Waals surface area contributed by atoms with Crippen LogP contribution in [-0.2, 0) is 5.75 Å². The number of rotatable bonds is 6. The van der Waals surface area contributed by atoms with E-state index in [1.165, 1.54) is 0 Å². The maximum atomic E-state index is 8.73. The van der Waals surface area contributed by atoms with Gasteiger partial charge in [-0.1, -0.05) is 11.8 Å². The molecule has 4 heteroatoms. The van der Waals surface area contributed by atoms with Gasteiger partial charge in [-0.05, 0) is 35.9 Å². The summed E-state index contributed by atoms with van der Waals surface area (Å²) in [7, 11) is 1.64. The van der Waals surface area contributed by atoms with Crippen LogP contribution in [0.1, 0.15) is 17.5 Å². The summed E-state index contributed by atoms with van der Waals surface area (Å²) in [4.78, 5) is 0. The van der Waals surface area contributed by atoms with E-state index < -0.39 is 0 Å². The highest BCUT2D eigenvalue weighted by atomic mass is 32.2. The van der Waals surface area contributed by atoms with E-state index in [0.29, 0.717) is 0 Å². The molecule has 0 amide bonds. The van der Waals surface area contributed by atoms with Crippen LogP contribution >= 0.6 is 11.8 Å². The van der Waals surface area contributed by atoms with Crippen LogP contribution in [0.4, 0.5) is 0 Å². The molecule has 0 saturated carbocycles. The Morgan fingerprint density at radius 2 is 2.17 bits per heavy atom. The van der Waals surface area contributed by atoms with Gasteiger partial charge in [-0.3, -0.25) is 0 Å². The van der Waals surface area contributed by atoms with Gasteiger partial charge in [0.15, 0.2) is 0 Å². The third-order valence-electron chi connectivity index (χ3n) is 2.32. The second kappa shape index (κ2) is 8.87. The molecule has 2 N–H and O–H groups in total. The van der Waals surface area contributed by atoms with Crippen molar-refractivity contribution in [2.75, 3.05) is 26.1 Å². The van der Waals surface area contributed by atoms with Gasteiger partial charge in [-0.15, -0.1) is 0 Å². The largest absolute Gasteiger partial charge is 0.497 e. The van der Waals surface area contributed by atoms with Crippen molar-refractivity contribution in [2.24, 2.45) is 0 Å². The summed E-state index contributed by atoms with van der Waals surface area (Å²) in [6.45, 7) is 0.0887. The Balaban J connectivity index is 2.76. The summed E-state index contributed by atoms with van der Waals surface area (Å²) >= 11 is 1.75. The van der Waals surface area contributed by atoms with Gasteiger partial charge in [0, 0.05) is 17.9 Å². The fourth-order valence-corrected chi connectivity index (χ4v) is 2.36. The van der Waals surface area contributed by atoms with Gasteiger partial charge in [-0.2, -0.15) is 11.8 Å². The summed E-state index contributed by atoms with van der Waals surface area (Å²) in [5, 5.41) is 17.5. The molecule has 0 spiro atoms. The number of thioether (sulfide) groups is 1. The summed E-state index contributed by atoms with van der Waals surface area (Å²) in [5.74, 6) is 8.15. The van der Waals surface area contributed by atoms with E-state index in [0.717, 1.165) is 34.8 Å². The van der Waals surface area contributed by atoms with Crippen molar-refractivity contribution in [3.05, 3.63) is 29.3 Å². The van der Waals surface area contributed by atoms with Crippen LogP contribution in [0.5, 0.6) is 5.75 Å². The Morgan fingerprint density at radius 1 is 1.33 bits per heavy atom. The highest BCUT2D eigenvalue weighted by molar-refractivity contribution is 7.98. The molecule has 0 aliphatic carbocycles. The zero-order chi connectivity index (χ0) is 13.2. The molecule has 1 rings (SSSR count). The fourth-order valence-electron chi connectivity index (χ4n) is 1.42. The summed E-state index contributed by atoms with van der Waals surface area (Å²) in [6.07, 6.45) is 0.798. The van der Waals surface area contributed by atoms with Crippen molar-refractivity contribution in [3.63, 3.8) is 0 Å². The molecule has 0 aliphatic rings. The van der Waals surface area contributed by atoms with E-state index >= 15 is 0 Å². The molecule has 0 fully saturated rings. The summed E-state index contributed by atoms with van der Waals surface area (Å²) in [5.41, 5.74) is 2.01. The summed E-state index contributed by atoms with van der Waals surface area (Å²) in [6, 6.07) is 5.74. The molecule has 0 aromatic heterocycles. The Hall–Kier alpha value is -1.15. The van der Waals surface area contributed by atoms with Gasteiger partial charge in [0.25, 0.3) is 0 Å². The third-order valence-corrected chi connectivity index (χ3v) is 3.41. The second-order valence-corrected chi connectivity index (χ2v) is 4.72. The van der Waals surface area contributed by atoms with Crippen LogP contribution in [0.3, 0.4) is 0 Å². The van der Waals surface area contributed by atoms with Crippen LogP contribution in [0, 0.1) is 11.8 Å². The molecule has 0 unspecified atom stereocenters. The monoisotopic (exact) mass is 266 g/mol. The number of aliphatic hydroxyl groups is 2. The first kappa shape index (κ1) is 14.9. The van der Waals surface area contributed by atoms with Crippen molar-refractivity contribution in [3.8, 4) is 17.6 Å². The van der Waals surface area contributed by atoms with E-state index in [2.05, 4.69) is 11.8 Å². The minimum Gasteiger partial charge on any atom is -0.497 e. The molecule has 0 bridgehead atoms. The van der Waals surface area contributed by atoms with E-state index in [-0.39, 0.29) is 13.2 Å². The average molecular weight is 266 g/mol. The number of benzene rings is 1. The summed E-state index contributed by atoms with van der Waals surface area (Å²) < 4.78 is 5.19. The Bertz CT molecular complexity index is 421. The Kier molecular flexibility index (Phi) is 7.35. The van der Waals surface area contributed by atoms with Crippen molar-refractivity contribution in [1.29, 1.82) is 0 Å². The molecular weight excluding hydrogens is 248 g/mol. The van der Waals surface area contributed by atoms with Crippen LogP contribution in [0.15, 0.2) is 18.2 Å². The van der Waals surface area contributed by atoms with Gasteiger partial charge in [0.2, 0.25) is 0 Å². The molecule has 1 aromatic rings. The number of aliphatic hydroxyl groups excluding tert-OH is 2. The van der Waals surface area contributed by atoms with E-state index in [4.69, 9.17) is 14.9 Å². The first-order valence-electron chi connectivity index (χ1n) is 5.77. The molecular formula is C14H18O3S. The van der Waals surface area contributed by atoms with Crippen molar-refractivity contribution < 1.29 is 14.9 Å². The molecule has 98 valence electrons. The van der Waals surface area contributed by atoms with Gasteiger partial charge in [0.1, 0.15) is 12.4 Å². The third kappa shape index (κ3) is 5.01. The smallest absolute Gasteiger partial charge is 0.119 e. The number of methoxy groups -OCH3 is 1. The van der Waals surface area contributed by atoms with Crippen LogP contribution in [-0.4, -0.2) is 36.3 Å². The maximum Gasteiger partial charge on any atom is 0.119 e. The number of hydrogen-bond acceptors (Lipinski definition) is 4. The topological polar surface area (TPSA) is 49.7 Å². The highest BCUT2D eigenvalue weighted by Crippen LogP contribution is 2.22. The van der Waals surface area contributed by atoms with Crippen LogP contribution in [0.2, 0.25) is 0 Å². The second-order valence-electron chi connectivity index (χ2n) is 3.61. The average Bonchev–Trinajstić information content (AvgIpc) is 2.42. The molecule has 3 nitrogen and oxygen atoms in total. The molecule has 0 saturated heterocycles. The highest BCUT2D eigenvalue weighted by Gasteiger charge is 2.03. The molecule has 0 aliphatic heterocycles. The number of ether oxygens (including phenoxy) is 1. The first-order chi connectivity index (χ1) is 8.81. The zero-order valence-electron chi connectivity index (χ0n) is 10.5. The first-order valence-corrected chi connectivity index (χ1v) is 6.92. The SMILES string of the molecule is COc1ccc(C#CCO)c(CSCCCO)c1. The number of hydrogen-bond donors (Lipinski definition) is 2. The van der Waals surface area contributed by atoms with Gasteiger partial charge in [-0.25, -0.2) is 0 Å². The molecule has 1 aromatic carbocycles. The van der Waals surface area contributed by atoms with Crippen molar-refractivity contribution in [1.82, 2.24) is 0 Å². The molecule has 0 atom stereocenters. The van der Waals surface area contributed by atoms with E-state index in [1.807, 2.05) is 18.2 Å². The maximum absolute atomic E-state index is 8.73. The zero-order valence-corrected chi connectivity index (χ0v) is 11.3. The molecule has 0 heterocycles. The Labute approximate surface area is 112 Å². The van der Waals surface area contributed by atoms with Gasteiger partial charge >= 0.3 is 0 Å². The lowest BCUT2D eigenvalue weighted by molar-refractivity contribution is 0.296. The predicted octanol–water partition coefficient (Wildman–Crippen LogP) is 1.65. The lowest BCUT2D eigenvalue weighted by Gasteiger charge is -2.07. The van der Waals surface area contributed by atoms with Gasteiger partial charge < -0.3 is 14.9 Å². The van der Waals surface area contributed by atoms with Crippen LogP contribution in [0.25, 0.3) is 0 Å². The minimum absolute atomic E-state index is 0.136. The normalized spacial score (nSPS) is 9.72. The van der Waals surface area contributed by atoms with Crippen molar-refractivity contribution >= 4 is 11.8 Å². The van der Waals surface area contributed by atoms with Crippen molar-refractivity contribution in [2.45, 2.75) is 12.2 Å². The predicted molar refractivity (Wildman–Crippen MR) is 74.8 cm³/mol. The standard InChI is InChI=1S/C14H18O3S/c1-17-14-6-5-12(4-2-7-15)13(10-14)11-18-9-3-8-16/h5-6,10,15-16H,3,7-9,11H2,1H3. The van der Waals surface area contributed by atoms with E-state index in [9.17, 15) is 0 Å². The van der Waals surface area contributed by atoms with Crippen LogP contribution < -0.4 is 4.74 Å². The quantitative estimate of drug-likeness (QED) is 0.607. The van der Waals surface area contributed by atoms with Gasteiger partial charge in [0.05, 0.1) is 7.11 Å². The minimum atomic E-state index is -0.136.